The second kappa shape index (κ2) is 7.39. The van der Waals surface area contributed by atoms with Gasteiger partial charge in [0.15, 0.2) is 5.16 Å². The smallest absolute Gasteiger partial charge is 0.325 e. The summed E-state index contributed by atoms with van der Waals surface area (Å²) in [5.41, 5.74) is -0.541. The van der Waals surface area contributed by atoms with E-state index in [0.717, 1.165) is 23.4 Å². The summed E-state index contributed by atoms with van der Waals surface area (Å²) in [5, 5.41) is 2.30. The Labute approximate surface area is 155 Å². The normalized spacial score (nSPS) is 11.6. The van der Waals surface area contributed by atoms with Gasteiger partial charge in [0.1, 0.15) is 5.65 Å². The first kappa shape index (κ1) is 18.9. The van der Waals surface area contributed by atoms with Crippen LogP contribution in [0.2, 0.25) is 0 Å². The number of hydrogen-bond acceptors (Lipinski definition) is 5. The van der Waals surface area contributed by atoms with E-state index in [1.807, 2.05) is 6.92 Å². The second-order valence-corrected chi connectivity index (χ2v) is 6.54. The Balaban J connectivity index is 1.74. The summed E-state index contributed by atoms with van der Waals surface area (Å²) in [6.45, 7) is 1.84. The Bertz CT molecular complexity index is 1070. The number of thioether (sulfide) groups is 1. The number of alkyl halides is 3. The van der Waals surface area contributed by atoms with Crippen LogP contribution in [-0.2, 0) is 11.0 Å². The molecule has 27 heavy (non-hydrogen) atoms. The zero-order chi connectivity index (χ0) is 19.6. The van der Waals surface area contributed by atoms with Crippen molar-refractivity contribution >= 4 is 29.0 Å². The number of para-hydroxylation sites is 1. The molecule has 1 amide bonds. The predicted octanol–water partition coefficient (Wildman–Crippen LogP) is 3.15. The molecule has 0 saturated heterocycles. The van der Waals surface area contributed by atoms with E-state index in [1.165, 1.54) is 22.6 Å². The zero-order valence-corrected chi connectivity index (χ0v) is 14.8. The number of aryl methyl sites for hydroxylation is 1. The molecule has 6 nitrogen and oxygen atoms in total. The highest BCUT2D eigenvalue weighted by Crippen LogP contribution is 2.34. The van der Waals surface area contributed by atoms with Gasteiger partial charge in [-0.1, -0.05) is 23.9 Å². The maximum Gasteiger partial charge on any atom is 0.418 e. The lowest BCUT2D eigenvalue weighted by molar-refractivity contribution is -0.137. The van der Waals surface area contributed by atoms with Crippen molar-refractivity contribution in [1.29, 1.82) is 0 Å². The fourth-order valence-corrected chi connectivity index (χ4v) is 2.95. The van der Waals surface area contributed by atoms with Gasteiger partial charge in [-0.2, -0.15) is 18.2 Å². The van der Waals surface area contributed by atoms with E-state index in [0.29, 0.717) is 5.65 Å². The van der Waals surface area contributed by atoms with Crippen LogP contribution in [0.15, 0.2) is 52.5 Å². The maximum atomic E-state index is 13.0. The minimum Gasteiger partial charge on any atom is -0.325 e. The van der Waals surface area contributed by atoms with E-state index in [-0.39, 0.29) is 16.6 Å². The summed E-state index contributed by atoms with van der Waals surface area (Å²) in [6, 6.07) is 8.12. The van der Waals surface area contributed by atoms with Crippen LogP contribution < -0.4 is 11.0 Å². The van der Waals surface area contributed by atoms with Crippen molar-refractivity contribution in [2.75, 3.05) is 11.1 Å². The maximum absolute atomic E-state index is 13.0. The predicted molar refractivity (Wildman–Crippen MR) is 94.8 cm³/mol. The fourth-order valence-electron chi connectivity index (χ4n) is 2.32. The molecule has 0 bridgehead atoms. The SMILES string of the molecule is Cc1ccn2c(=O)nc(SCC(=O)Nc3ccccc3C(F)(F)F)nc2c1. The zero-order valence-electron chi connectivity index (χ0n) is 13.9. The van der Waals surface area contributed by atoms with Gasteiger partial charge in [-0.25, -0.2) is 9.78 Å². The number of amides is 1. The average molecular weight is 394 g/mol. The molecule has 2 aromatic heterocycles. The van der Waals surface area contributed by atoms with Crippen LogP contribution in [0.5, 0.6) is 0 Å². The molecule has 0 radical (unpaired) electrons. The first-order valence-electron chi connectivity index (χ1n) is 7.70. The van der Waals surface area contributed by atoms with Gasteiger partial charge in [0.2, 0.25) is 5.91 Å². The van der Waals surface area contributed by atoms with Gasteiger partial charge < -0.3 is 5.32 Å². The lowest BCUT2D eigenvalue weighted by Gasteiger charge is -2.13. The van der Waals surface area contributed by atoms with Crippen molar-refractivity contribution in [3.63, 3.8) is 0 Å². The lowest BCUT2D eigenvalue weighted by atomic mass is 10.1. The van der Waals surface area contributed by atoms with Crippen LogP contribution in [0, 0.1) is 6.92 Å². The Kier molecular flexibility index (Phi) is 5.17. The minimum atomic E-state index is -4.58. The van der Waals surface area contributed by atoms with Crippen LogP contribution in [0.4, 0.5) is 18.9 Å². The van der Waals surface area contributed by atoms with Gasteiger partial charge in [0.05, 0.1) is 17.0 Å². The Morgan fingerprint density at radius 2 is 1.96 bits per heavy atom. The van der Waals surface area contributed by atoms with Crippen molar-refractivity contribution in [3.8, 4) is 0 Å². The first-order chi connectivity index (χ1) is 12.7. The highest BCUT2D eigenvalue weighted by Gasteiger charge is 2.33. The van der Waals surface area contributed by atoms with E-state index in [9.17, 15) is 22.8 Å². The van der Waals surface area contributed by atoms with Crippen LogP contribution in [-0.4, -0.2) is 26.0 Å². The van der Waals surface area contributed by atoms with Gasteiger partial charge in [-0.15, -0.1) is 0 Å². The Morgan fingerprint density at radius 3 is 2.70 bits per heavy atom. The molecule has 0 unspecified atom stereocenters. The summed E-state index contributed by atoms with van der Waals surface area (Å²) in [6.07, 6.45) is -3.03. The summed E-state index contributed by atoms with van der Waals surface area (Å²) in [5.74, 6) is -0.905. The summed E-state index contributed by atoms with van der Waals surface area (Å²) in [4.78, 5) is 32.0. The molecular weight excluding hydrogens is 381 g/mol. The molecule has 1 aromatic carbocycles. The van der Waals surface area contributed by atoms with Crippen molar-refractivity contribution in [3.05, 3.63) is 64.2 Å². The molecule has 0 spiro atoms. The number of nitrogens with one attached hydrogen (secondary N) is 1. The lowest BCUT2D eigenvalue weighted by Crippen LogP contribution is -2.21. The first-order valence-corrected chi connectivity index (χ1v) is 8.68. The highest BCUT2D eigenvalue weighted by atomic mass is 32.2. The largest absolute Gasteiger partial charge is 0.418 e. The molecule has 0 aliphatic heterocycles. The monoisotopic (exact) mass is 394 g/mol. The standard InChI is InChI=1S/C17H13F3N4O2S/c1-10-6-7-24-13(8-10)22-15(23-16(24)26)27-9-14(25)21-12-5-3-2-4-11(12)17(18,19)20/h2-8H,9H2,1H3,(H,21,25). The molecule has 140 valence electrons. The van der Waals surface area contributed by atoms with Gasteiger partial charge in [-0.05, 0) is 36.8 Å². The number of pyridine rings is 1. The number of aromatic nitrogens is 3. The molecule has 2 heterocycles. The van der Waals surface area contributed by atoms with Crippen molar-refractivity contribution < 1.29 is 18.0 Å². The third kappa shape index (κ3) is 4.45. The van der Waals surface area contributed by atoms with E-state index in [2.05, 4.69) is 15.3 Å². The molecule has 3 aromatic rings. The summed E-state index contributed by atoms with van der Waals surface area (Å²) < 4.78 is 40.1. The molecule has 3 rings (SSSR count). The number of fused-ring (bicyclic) bond motifs is 1. The quantitative estimate of drug-likeness (QED) is 0.688. The van der Waals surface area contributed by atoms with Crippen molar-refractivity contribution in [2.24, 2.45) is 0 Å². The third-order valence-corrected chi connectivity index (χ3v) is 4.38. The number of anilines is 1. The average Bonchev–Trinajstić information content (AvgIpc) is 2.59. The molecule has 0 aliphatic carbocycles. The second-order valence-electron chi connectivity index (χ2n) is 5.60. The van der Waals surface area contributed by atoms with Crippen LogP contribution in [0.25, 0.3) is 5.65 Å². The van der Waals surface area contributed by atoms with Crippen LogP contribution >= 0.6 is 11.8 Å². The van der Waals surface area contributed by atoms with Crippen LogP contribution in [0.1, 0.15) is 11.1 Å². The van der Waals surface area contributed by atoms with Gasteiger partial charge in [0, 0.05) is 6.20 Å². The third-order valence-electron chi connectivity index (χ3n) is 3.54. The topological polar surface area (TPSA) is 76.4 Å². The molecule has 0 atom stereocenters. The minimum absolute atomic E-state index is 0.0739. The summed E-state index contributed by atoms with van der Waals surface area (Å²) >= 11 is 0.867. The number of benzene rings is 1. The van der Waals surface area contributed by atoms with Gasteiger partial charge in [0.25, 0.3) is 0 Å². The van der Waals surface area contributed by atoms with E-state index in [4.69, 9.17) is 0 Å². The number of hydrogen-bond donors (Lipinski definition) is 1. The van der Waals surface area contributed by atoms with Crippen molar-refractivity contribution in [2.45, 2.75) is 18.3 Å². The van der Waals surface area contributed by atoms with Gasteiger partial charge in [-0.3, -0.25) is 9.20 Å². The van der Waals surface area contributed by atoms with E-state index in [1.54, 1.807) is 18.3 Å². The van der Waals surface area contributed by atoms with E-state index < -0.39 is 23.3 Å². The molecule has 1 N–H and O–H groups in total. The fraction of sp³-hybridized carbons (Fsp3) is 0.176. The summed E-state index contributed by atoms with van der Waals surface area (Å²) in [7, 11) is 0. The number of carbonyl (C=O) groups is 1. The number of halogens is 3. The Morgan fingerprint density at radius 1 is 1.22 bits per heavy atom. The number of rotatable bonds is 4. The van der Waals surface area contributed by atoms with Gasteiger partial charge >= 0.3 is 11.9 Å². The highest BCUT2D eigenvalue weighted by molar-refractivity contribution is 7.99. The molecule has 0 fully saturated rings. The molecule has 10 heteroatoms. The number of nitrogens with zero attached hydrogens (tertiary/aromatic N) is 3. The van der Waals surface area contributed by atoms with Crippen molar-refractivity contribution in [1.82, 2.24) is 14.4 Å². The van der Waals surface area contributed by atoms with Crippen LogP contribution in [0.3, 0.4) is 0 Å². The molecule has 0 saturated carbocycles. The number of carbonyl (C=O) groups excluding carboxylic acids is 1. The Hall–Kier alpha value is -2.88. The molecule has 0 aliphatic rings. The van der Waals surface area contributed by atoms with E-state index >= 15 is 0 Å². The molecular formula is C17H13F3N4O2S.